The van der Waals surface area contributed by atoms with Crippen LogP contribution in [0.15, 0.2) is 0 Å². The normalized spacial score (nSPS) is 36.0. The zero-order valence-corrected chi connectivity index (χ0v) is 16.2. The Labute approximate surface area is 156 Å². The molecule has 0 aromatic carbocycles. The average molecular weight is 412 g/mol. The first-order valence-corrected chi connectivity index (χ1v) is 10.4. The highest BCUT2D eigenvalue weighted by molar-refractivity contribution is 7.90. The van der Waals surface area contributed by atoms with Crippen molar-refractivity contribution in [2.24, 2.45) is 17.1 Å². The van der Waals surface area contributed by atoms with E-state index >= 15 is 0 Å². The molecule has 12 heteroatoms. The maximum absolute atomic E-state index is 12.3. The molecule has 4 aliphatic rings. The van der Waals surface area contributed by atoms with Crippen LogP contribution in [0.3, 0.4) is 0 Å². The molecule has 7 nitrogen and oxygen atoms in total. The van der Waals surface area contributed by atoms with Gasteiger partial charge in [-0.15, -0.1) is 0 Å². The van der Waals surface area contributed by atoms with Gasteiger partial charge in [0.1, 0.15) is 0 Å². The lowest BCUT2D eigenvalue weighted by atomic mass is 9.41. The minimum Gasteiger partial charge on any atom is -0.403 e. The molecule has 1 aliphatic heterocycles. The van der Waals surface area contributed by atoms with Gasteiger partial charge in [0, 0.05) is 0 Å². The lowest BCUT2D eigenvalue weighted by Crippen LogP contribution is -2.73. The molecule has 1 spiro atoms. The summed E-state index contributed by atoms with van der Waals surface area (Å²) in [6.45, 7) is 6.30. The number of fused-ring (bicyclic) bond motifs is 1. The van der Waals surface area contributed by atoms with Crippen molar-refractivity contribution in [2.45, 2.75) is 75.5 Å². The van der Waals surface area contributed by atoms with Crippen LogP contribution in [-0.4, -0.2) is 44.2 Å². The fourth-order valence-electron chi connectivity index (χ4n) is 4.92. The van der Waals surface area contributed by atoms with Crippen molar-refractivity contribution in [3.63, 3.8) is 0 Å². The van der Waals surface area contributed by atoms with E-state index in [0.29, 0.717) is 5.92 Å². The van der Waals surface area contributed by atoms with E-state index in [1.54, 1.807) is 0 Å². The van der Waals surface area contributed by atoms with Crippen LogP contribution >= 0.6 is 0 Å². The third-order valence-corrected chi connectivity index (χ3v) is 7.81. The monoisotopic (exact) mass is 412 g/mol. The Bertz CT molecular complexity index is 746. The van der Waals surface area contributed by atoms with Crippen LogP contribution < -0.4 is 10.5 Å². The van der Waals surface area contributed by atoms with E-state index in [2.05, 4.69) is 13.8 Å². The topological polar surface area (TPSA) is 108 Å². The van der Waals surface area contributed by atoms with E-state index in [1.165, 1.54) is 0 Å². The molecule has 3 N–H and O–H groups in total. The van der Waals surface area contributed by atoms with E-state index in [9.17, 15) is 26.4 Å². The molecule has 1 heterocycles. The Hall–Kier alpha value is -0.845. The summed E-state index contributed by atoms with van der Waals surface area (Å²) < 4.78 is 72.3. The van der Waals surface area contributed by atoms with Crippen LogP contribution in [0.5, 0.6) is 0 Å². The number of alkyl halides is 3. The van der Waals surface area contributed by atoms with Crippen molar-refractivity contribution in [2.75, 3.05) is 0 Å². The zero-order valence-electron chi connectivity index (χ0n) is 15.4. The van der Waals surface area contributed by atoms with Gasteiger partial charge in [-0.2, -0.15) is 21.6 Å². The van der Waals surface area contributed by atoms with Crippen LogP contribution in [0, 0.1) is 11.3 Å². The van der Waals surface area contributed by atoms with Crippen LogP contribution in [0.1, 0.15) is 46.5 Å². The predicted octanol–water partition coefficient (Wildman–Crippen LogP) is 1.54. The summed E-state index contributed by atoms with van der Waals surface area (Å²) in [4.78, 5) is 11.7. The summed E-state index contributed by atoms with van der Waals surface area (Å²) in [5.41, 5.74) is -0.927. The molecule has 4 fully saturated rings. The predicted molar refractivity (Wildman–Crippen MR) is 90.7 cm³/mol. The van der Waals surface area contributed by atoms with Gasteiger partial charge in [0.15, 0.2) is 0 Å². The number of hydrogen-bond acceptors (Lipinski definition) is 6. The molecule has 154 valence electrons. The van der Waals surface area contributed by atoms with Crippen LogP contribution in [0.2, 0.25) is 6.32 Å². The highest BCUT2D eigenvalue weighted by atomic mass is 32.2. The minimum atomic E-state index is -5.77. The van der Waals surface area contributed by atoms with Gasteiger partial charge in [-0.25, -0.2) is 4.72 Å². The molecular weight excluding hydrogens is 388 g/mol. The van der Waals surface area contributed by atoms with Crippen molar-refractivity contribution in [3.8, 4) is 0 Å². The summed E-state index contributed by atoms with van der Waals surface area (Å²) in [5, 5.41) is 0. The third kappa shape index (κ3) is 2.99. The number of rotatable bonds is 5. The van der Waals surface area contributed by atoms with E-state index in [0.717, 1.165) is 24.0 Å². The van der Waals surface area contributed by atoms with Crippen molar-refractivity contribution in [1.82, 2.24) is 4.72 Å². The number of carbonyl (C=O) groups is 1. The molecule has 2 bridgehead atoms. The molecule has 1 saturated heterocycles. The van der Waals surface area contributed by atoms with Gasteiger partial charge >= 0.3 is 22.7 Å². The first kappa shape index (κ1) is 20.9. The zero-order chi connectivity index (χ0) is 20.5. The first-order valence-electron chi connectivity index (χ1n) is 8.89. The summed E-state index contributed by atoms with van der Waals surface area (Å²) in [6, 6.07) is -1.43. The van der Waals surface area contributed by atoms with Gasteiger partial charge in [0.05, 0.1) is 17.2 Å². The highest BCUT2D eigenvalue weighted by Crippen LogP contribution is 2.70. The standard InChI is InChI=1S/C15H24BF3N2O5S/c1-12(2)9-4-6-13(3)14(12,8-9)26-16(25-13)7-5-10(20)11(22)21-27(23,24)15(17,18)19/h9-10H,4-8,20H2,1-3H3,(H,21,22)/t9-,10-,13-,14-/m0/s1. The van der Waals surface area contributed by atoms with Gasteiger partial charge in [-0.05, 0) is 50.3 Å². The molecule has 3 aliphatic carbocycles. The third-order valence-electron chi connectivity index (χ3n) is 6.73. The Morgan fingerprint density at radius 2 is 1.96 bits per heavy atom. The van der Waals surface area contributed by atoms with Crippen molar-refractivity contribution >= 4 is 23.0 Å². The summed E-state index contributed by atoms with van der Waals surface area (Å²) in [5.74, 6) is -0.843. The van der Waals surface area contributed by atoms with Crippen molar-refractivity contribution in [3.05, 3.63) is 0 Å². The van der Waals surface area contributed by atoms with Gasteiger partial charge < -0.3 is 15.0 Å². The first-order chi connectivity index (χ1) is 12.2. The maximum atomic E-state index is 12.3. The lowest BCUT2D eigenvalue weighted by Gasteiger charge is -2.69. The second-order valence-electron chi connectivity index (χ2n) is 8.48. The summed E-state index contributed by atoms with van der Waals surface area (Å²) >= 11 is 0. The second kappa shape index (κ2) is 6.07. The summed E-state index contributed by atoms with van der Waals surface area (Å²) in [7, 11) is -6.40. The van der Waals surface area contributed by atoms with Gasteiger partial charge in [-0.1, -0.05) is 13.8 Å². The van der Waals surface area contributed by atoms with Crippen LogP contribution in [0.25, 0.3) is 0 Å². The number of halogens is 3. The summed E-state index contributed by atoms with van der Waals surface area (Å²) in [6.07, 6.45) is 2.90. The number of amides is 1. The molecule has 3 saturated carbocycles. The fraction of sp³-hybridized carbons (Fsp3) is 0.933. The number of nitrogens with two attached hydrogens (primary N) is 1. The number of sulfonamides is 1. The van der Waals surface area contributed by atoms with Crippen molar-refractivity contribution < 1.29 is 35.7 Å². The smallest absolute Gasteiger partial charge is 0.403 e. The van der Waals surface area contributed by atoms with E-state index in [1.807, 2.05) is 6.92 Å². The molecule has 27 heavy (non-hydrogen) atoms. The van der Waals surface area contributed by atoms with Crippen LogP contribution in [-0.2, 0) is 24.1 Å². The van der Waals surface area contributed by atoms with E-state index < -0.39 is 45.8 Å². The number of hydrogen-bond donors (Lipinski definition) is 2. The Balaban J connectivity index is 1.58. The molecule has 0 unspecified atom stereocenters. The van der Waals surface area contributed by atoms with E-state index in [4.69, 9.17) is 15.0 Å². The quantitative estimate of drug-likeness (QED) is 0.664. The SMILES string of the molecule is CC1(C)[C@H]2CC[C@]3(C)OB(CC[C@H](N)C(=O)NS(=O)(=O)C(F)(F)F)O[C@@]13C2. The second-order valence-corrected chi connectivity index (χ2v) is 10.2. The highest BCUT2D eigenvalue weighted by Gasteiger charge is 2.75. The van der Waals surface area contributed by atoms with Gasteiger partial charge in [0.2, 0.25) is 0 Å². The molecule has 1 amide bonds. The molecular formula is C15H24BF3N2O5S. The average Bonchev–Trinajstić information content (AvgIpc) is 2.86. The van der Waals surface area contributed by atoms with Crippen LogP contribution in [0.4, 0.5) is 13.2 Å². The number of carbonyl (C=O) groups excluding carboxylic acids is 1. The molecule has 4 rings (SSSR count). The maximum Gasteiger partial charge on any atom is 0.516 e. The largest absolute Gasteiger partial charge is 0.516 e. The van der Waals surface area contributed by atoms with E-state index in [-0.39, 0.29) is 18.2 Å². The van der Waals surface area contributed by atoms with Gasteiger partial charge in [0.25, 0.3) is 5.91 Å². The fourth-order valence-corrected chi connectivity index (χ4v) is 5.46. The Kier molecular flexibility index (Phi) is 4.70. The van der Waals surface area contributed by atoms with Gasteiger partial charge in [-0.3, -0.25) is 4.79 Å². The minimum absolute atomic E-state index is 0.0466. The molecule has 0 radical (unpaired) electrons. The Morgan fingerprint density at radius 3 is 2.48 bits per heavy atom. The lowest BCUT2D eigenvalue weighted by molar-refractivity contribution is -0.257. The molecule has 0 aromatic heterocycles. The van der Waals surface area contributed by atoms with Crippen molar-refractivity contribution in [1.29, 1.82) is 0 Å². The number of nitrogens with one attached hydrogen (secondary N) is 1. The Morgan fingerprint density at radius 1 is 1.33 bits per heavy atom. The molecule has 0 aromatic rings. The molecule has 4 atom stereocenters.